The molecule has 0 radical (unpaired) electrons. The van der Waals surface area contributed by atoms with Gasteiger partial charge >= 0.3 is 5.97 Å². The molecule has 158 valence electrons. The lowest BCUT2D eigenvalue weighted by atomic mass is 10.2. The summed E-state index contributed by atoms with van der Waals surface area (Å²) in [4.78, 5) is 31.6. The van der Waals surface area contributed by atoms with Crippen LogP contribution in [0.4, 0.5) is 0 Å². The number of methoxy groups -OCH3 is 2. The van der Waals surface area contributed by atoms with Gasteiger partial charge in [-0.15, -0.1) is 4.83 Å². The molecule has 0 saturated carbocycles. The Morgan fingerprint density at radius 3 is 2.59 bits per heavy atom. The summed E-state index contributed by atoms with van der Waals surface area (Å²) < 4.78 is 40.3. The fourth-order valence-electron chi connectivity index (χ4n) is 2.32. The van der Waals surface area contributed by atoms with Gasteiger partial charge in [-0.25, -0.2) is 18.2 Å². The van der Waals surface area contributed by atoms with Gasteiger partial charge in [0.15, 0.2) is 0 Å². The Hall–Kier alpha value is -3.12. The molecule has 2 N–H and O–H groups in total. The minimum Gasteiger partial charge on any atom is -0.496 e. The van der Waals surface area contributed by atoms with Crippen molar-refractivity contribution in [2.24, 2.45) is 0 Å². The zero-order valence-electron chi connectivity index (χ0n) is 16.4. The number of likely N-dealkylation sites (N-methyl/N-ethyl adjacent to an activating group) is 1. The van der Waals surface area contributed by atoms with E-state index in [1.54, 1.807) is 18.9 Å². The zero-order chi connectivity index (χ0) is 21.6. The van der Waals surface area contributed by atoms with Crippen LogP contribution in [0.5, 0.6) is 11.6 Å². The van der Waals surface area contributed by atoms with Gasteiger partial charge in [-0.05, 0) is 13.0 Å². The van der Waals surface area contributed by atoms with Crippen LogP contribution < -0.4 is 19.7 Å². The van der Waals surface area contributed by atoms with Gasteiger partial charge in [0.1, 0.15) is 16.3 Å². The van der Waals surface area contributed by atoms with Gasteiger partial charge in [-0.3, -0.25) is 10.2 Å². The lowest BCUT2D eigenvalue weighted by molar-refractivity contribution is -0.138. The third-order valence-electron chi connectivity index (χ3n) is 3.72. The van der Waals surface area contributed by atoms with Gasteiger partial charge in [0, 0.05) is 31.9 Å². The Kier molecular flexibility index (Phi) is 7.18. The van der Waals surface area contributed by atoms with E-state index in [2.05, 4.69) is 10.4 Å². The van der Waals surface area contributed by atoms with Gasteiger partial charge < -0.3 is 19.1 Å². The summed E-state index contributed by atoms with van der Waals surface area (Å²) in [6.45, 7) is 2.03. The highest BCUT2D eigenvalue weighted by atomic mass is 32.2. The standard InChI is InChI=1S/C17H22N4O7S/c1-5-28-17(23)12-6-7-21(2)10-14(12)29(24,25)20-19-16(22)13-8-11(26-3)9-15(18-13)27-4/h6,8-10,20H,5,7H2,1-4H3,(H,19,22). The van der Waals surface area contributed by atoms with Crippen molar-refractivity contribution in [3.63, 3.8) is 0 Å². The van der Waals surface area contributed by atoms with E-state index in [0.717, 1.165) is 0 Å². The monoisotopic (exact) mass is 426 g/mol. The molecule has 0 unspecified atom stereocenters. The predicted molar refractivity (Wildman–Crippen MR) is 102 cm³/mol. The number of rotatable bonds is 8. The number of amides is 1. The van der Waals surface area contributed by atoms with Crippen LogP contribution in [-0.4, -0.2) is 64.6 Å². The second kappa shape index (κ2) is 9.39. The second-order valence-corrected chi connectivity index (χ2v) is 7.42. The van der Waals surface area contributed by atoms with E-state index in [9.17, 15) is 18.0 Å². The van der Waals surface area contributed by atoms with Crippen molar-refractivity contribution >= 4 is 21.9 Å². The fourth-order valence-corrected chi connectivity index (χ4v) is 3.43. The summed E-state index contributed by atoms with van der Waals surface area (Å²) in [6.07, 6.45) is 2.70. The molecule has 12 heteroatoms. The maximum atomic E-state index is 12.7. The highest BCUT2D eigenvalue weighted by Gasteiger charge is 2.30. The molecule has 0 fully saturated rings. The second-order valence-electron chi connectivity index (χ2n) is 5.77. The molecule has 0 saturated heterocycles. The van der Waals surface area contributed by atoms with E-state index in [1.807, 2.05) is 4.83 Å². The molecule has 0 spiro atoms. The van der Waals surface area contributed by atoms with Crippen molar-refractivity contribution < 1.29 is 32.2 Å². The summed E-state index contributed by atoms with van der Waals surface area (Å²) in [5.41, 5.74) is 1.80. The number of hydrogen-bond donors (Lipinski definition) is 2. The first-order chi connectivity index (χ1) is 13.7. The molecule has 2 heterocycles. The van der Waals surface area contributed by atoms with E-state index in [0.29, 0.717) is 12.3 Å². The van der Waals surface area contributed by atoms with Crippen LogP contribution in [0.2, 0.25) is 0 Å². The van der Waals surface area contributed by atoms with Crippen molar-refractivity contribution in [2.45, 2.75) is 6.92 Å². The van der Waals surface area contributed by atoms with Crippen LogP contribution in [-0.2, 0) is 19.6 Å². The SMILES string of the molecule is CCOC(=O)C1=CCN(C)C=C1S(=O)(=O)NNC(=O)c1cc(OC)cc(OC)n1. The number of hydrogen-bond acceptors (Lipinski definition) is 9. The Morgan fingerprint density at radius 2 is 1.97 bits per heavy atom. The third-order valence-corrected chi connectivity index (χ3v) is 5.00. The normalized spacial score (nSPS) is 13.9. The van der Waals surface area contributed by atoms with E-state index in [4.69, 9.17) is 14.2 Å². The fraction of sp³-hybridized carbons (Fsp3) is 0.353. The summed E-state index contributed by atoms with van der Waals surface area (Å²) in [5, 5.41) is 0. The summed E-state index contributed by atoms with van der Waals surface area (Å²) >= 11 is 0. The number of nitrogens with zero attached hydrogens (tertiary/aromatic N) is 2. The number of sulfonamides is 1. The van der Waals surface area contributed by atoms with Gasteiger partial charge in [-0.1, -0.05) is 0 Å². The topological polar surface area (TPSA) is 136 Å². The molecule has 0 aliphatic carbocycles. The zero-order valence-corrected chi connectivity index (χ0v) is 17.2. The molecule has 2 rings (SSSR count). The molecule has 1 aromatic heterocycles. The number of hydrazine groups is 1. The molecular formula is C17H22N4O7S. The maximum absolute atomic E-state index is 12.7. The maximum Gasteiger partial charge on any atom is 0.339 e. The largest absolute Gasteiger partial charge is 0.496 e. The van der Waals surface area contributed by atoms with Crippen LogP contribution in [0.1, 0.15) is 17.4 Å². The van der Waals surface area contributed by atoms with Crippen molar-refractivity contribution in [1.82, 2.24) is 20.1 Å². The van der Waals surface area contributed by atoms with Gasteiger partial charge in [0.05, 0.1) is 26.4 Å². The van der Waals surface area contributed by atoms with Crippen LogP contribution in [0.25, 0.3) is 0 Å². The molecular weight excluding hydrogens is 404 g/mol. The van der Waals surface area contributed by atoms with Crippen LogP contribution in [0.15, 0.2) is 34.9 Å². The number of esters is 1. The number of nitrogens with one attached hydrogen (secondary N) is 2. The Bertz CT molecular complexity index is 934. The molecule has 1 aliphatic rings. The summed E-state index contributed by atoms with van der Waals surface area (Å²) in [5.74, 6) is -1.21. The van der Waals surface area contributed by atoms with Gasteiger partial charge in [-0.2, -0.15) is 0 Å². The lowest BCUT2D eigenvalue weighted by Crippen LogP contribution is -2.43. The summed E-state index contributed by atoms with van der Waals surface area (Å²) in [7, 11) is 0.113. The highest BCUT2D eigenvalue weighted by Crippen LogP contribution is 2.22. The Morgan fingerprint density at radius 1 is 1.24 bits per heavy atom. The molecule has 0 aromatic carbocycles. The van der Waals surface area contributed by atoms with Crippen LogP contribution in [0, 0.1) is 0 Å². The molecule has 1 amide bonds. The number of aromatic nitrogens is 1. The van der Waals surface area contributed by atoms with Crippen LogP contribution >= 0.6 is 0 Å². The smallest absolute Gasteiger partial charge is 0.339 e. The number of ether oxygens (including phenoxy) is 3. The van der Waals surface area contributed by atoms with E-state index < -0.39 is 21.9 Å². The van der Waals surface area contributed by atoms with Crippen LogP contribution in [0.3, 0.4) is 0 Å². The minimum atomic E-state index is -4.29. The van der Waals surface area contributed by atoms with E-state index in [1.165, 1.54) is 38.6 Å². The average molecular weight is 426 g/mol. The molecule has 0 atom stereocenters. The highest BCUT2D eigenvalue weighted by molar-refractivity contribution is 7.93. The Balaban J connectivity index is 2.21. The molecule has 11 nitrogen and oxygen atoms in total. The number of carbonyl (C=O) groups excluding carboxylic acids is 2. The molecule has 1 aliphatic heterocycles. The first-order valence-electron chi connectivity index (χ1n) is 8.43. The first kappa shape index (κ1) is 22.2. The Labute approximate surface area is 168 Å². The quantitative estimate of drug-likeness (QED) is 0.433. The van der Waals surface area contributed by atoms with Crippen molar-refractivity contribution in [3.05, 3.63) is 40.6 Å². The van der Waals surface area contributed by atoms with E-state index >= 15 is 0 Å². The van der Waals surface area contributed by atoms with Gasteiger partial charge in [0.2, 0.25) is 5.88 Å². The van der Waals surface area contributed by atoms with Crippen molar-refractivity contribution in [3.8, 4) is 11.6 Å². The third kappa shape index (κ3) is 5.45. The summed E-state index contributed by atoms with van der Waals surface area (Å²) in [6, 6.07) is 2.77. The number of carbonyl (C=O) groups is 2. The first-order valence-corrected chi connectivity index (χ1v) is 9.92. The predicted octanol–water partition coefficient (Wildman–Crippen LogP) is -0.0607. The molecule has 0 bridgehead atoms. The average Bonchev–Trinajstić information content (AvgIpc) is 2.71. The van der Waals surface area contributed by atoms with Crippen molar-refractivity contribution in [2.75, 3.05) is 34.4 Å². The van der Waals surface area contributed by atoms with E-state index in [-0.39, 0.29) is 28.7 Å². The molecule has 1 aromatic rings. The van der Waals surface area contributed by atoms with Gasteiger partial charge in [0.25, 0.3) is 15.9 Å². The molecule has 29 heavy (non-hydrogen) atoms. The number of pyridine rings is 1. The lowest BCUT2D eigenvalue weighted by Gasteiger charge is -2.22. The van der Waals surface area contributed by atoms with Crippen molar-refractivity contribution in [1.29, 1.82) is 0 Å². The minimum absolute atomic E-state index is 0.0901.